The van der Waals surface area contributed by atoms with Gasteiger partial charge in [-0.25, -0.2) is 0 Å². The van der Waals surface area contributed by atoms with Crippen molar-refractivity contribution in [2.45, 2.75) is 45.2 Å². The van der Waals surface area contributed by atoms with Crippen LogP contribution in [-0.4, -0.2) is 34.8 Å². The number of hydrogen-bond acceptors (Lipinski definition) is 5. The molecule has 1 atom stereocenters. The topological polar surface area (TPSA) is 86.4 Å². The quantitative estimate of drug-likeness (QED) is 0.191. The molecule has 1 aromatic heterocycles. The summed E-state index contributed by atoms with van der Waals surface area (Å²) < 4.78 is 0. The number of hydrogen-bond donors (Lipinski definition) is 3. The molecule has 43 heavy (non-hydrogen) atoms. The Morgan fingerprint density at radius 1 is 0.930 bits per heavy atom. The van der Waals surface area contributed by atoms with Gasteiger partial charge in [0.2, 0.25) is 0 Å². The van der Waals surface area contributed by atoms with Crippen molar-refractivity contribution in [1.82, 2.24) is 15.2 Å². The molecule has 0 spiro atoms. The van der Waals surface area contributed by atoms with Gasteiger partial charge in [-0.1, -0.05) is 55.8 Å². The standard InChI is InChI=1S/C36H37N5O2/c1-2-31(26-12-5-3-6-13-26)39-35(42)27-16-17-32-30(22-27)33(36(43)40-32)34(28-14-10-18-37-23-28)38-29-15-9-11-25(21-29)24-41-19-7-4-8-20-41/h3,5-6,9-18,21-23,31,38H,2,4,7-8,19-20,24H2,1H3,(H,39,42)(H,40,43)/t31-/m0/s1. The van der Waals surface area contributed by atoms with E-state index in [-0.39, 0.29) is 17.9 Å². The van der Waals surface area contributed by atoms with Crippen molar-refractivity contribution < 1.29 is 9.59 Å². The van der Waals surface area contributed by atoms with Gasteiger partial charge in [-0.15, -0.1) is 0 Å². The second-order valence-corrected chi connectivity index (χ2v) is 11.2. The minimum Gasteiger partial charge on any atom is -0.354 e. The molecule has 2 amide bonds. The lowest BCUT2D eigenvalue weighted by Gasteiger charge is -2.26. The van der Waals surface area contributed by atoms with E-state index in [2.05, 4.69) is 51.0 Å². The Hall–Kier alpha value is -4.75. The summed E-state index contributed by atoms with van der Waals surface area (Å²) in [6.07, 6.45) is 8.02. The monoisotopic (exact) mass is 571 g/mol. The van der Waals surface area contributed by atoms with Gasteiger partial charge >= 0.3 is 0 Å². The molecule has 1 saturated heterocycles. The summed E-state index contributed by atoms with van der Waals surface area (Å²) in [7, 11) is 0. The van der Waals surface area contributed by atoms with Gasteiger partial charge in [-0.2, -0.15) is 0 Å². The highest BCUT2D eigenvalue weighted by Gasteiger charge is 2.30. The summed E-state index contributed by atoms with van der Waals surface area (Å²) in [5.41, 5.74) is 6.94. The number of anilines is 2. The summed E-state index contributed by atoms with van der Waals surface area (Å²) in [4.78, 5) is 33.8. The maximum Gasteiger partial charge on any atom is 0.258 e. The van der Waals surface area contributed by atoms with Gasteiger partial charge in [0.25, 0.3) is 11.8 Å². The minimum atomic E-state index is -0.223. The molecule has 7 nitrogen and oxygen atoms in total. The fourth-order valence-corrected chi connectivity index (χ4v) is 5.96. The molecule has 3 N–H and O–H groups in total. The van der Waals surface area contributed by atoms with Crippen LogP contribution in [0.1, 0.15) is 71.3 Å². The second-order valence-electron chi connectivity index (χ2n) is 11.2. The number of likely N-dealkylation sites (tertiary alicyclic amines) is 1. The number of fused-ring (bicyclic) bond motifs is 1. The van der Waals surface area contributed by atoms with Crippen LogP contribution < -0.4 is 16.0 Å². The number of rotatable bonds is 9. The number of aromatic nitrogens is 1. The van der Waals surface area contributed by atoms with Gasteiger partial charge in [-0.3, -0.25) is 19.5 Å². The van der Waals surface area contributed by atoms with Crippen LogP contribution in [0, 0.1) is 0 Å². The van der Waals surface area contributed by atoms with Crippen molar-refractivity contribution in [3.63, 3.8) is 0 Å². The van der Waals surface area contributed by atoms with Crippen molar-refractivity contribution >= 4 is 34.5 Å². The van der Waals surface area contributed by atoms with Crippen LogP contribution in [0.25, 0.3) is 11.3 Å². The maximum absolute atomic E-state index is 13.5. The number of carbonyl (C=O) groups excluding carboxylic acids is 2. The third-order valence-corrected chi connectivity index (χ3v) is 8.19. The first-order valence-electron chi connectivity index (χ1n) is 15.1. The summed E-state index contributed by atoms with van der Waals surface area (Å²) in [6, 6.07) is 27.4. The van der Waals surface area contributed by atoms with E-state index in [1.54, 1.807) is 30.6 Å². The number of nitrogens with one attached hydrogen (secondary N) is 3. The molecule has 4 aromatic rings. The molecule has 2 aliphatic rings. The lowest BCUT2D eigenvalue weighted by molar-refractivity contribution is -0.110. The summed E-state index contributed by atoms with van der Waals surface area (Å²) in [5.74, 6) is -0.405. The van der Waals surface area contributed by atoms with Crippen LogP contribution >= 0.6 is 0 Å². The first kappa shape index (κ1) is 28.4. The van der Waals surface area contributed by atoms with E-state index in [1.165, 1.54) is 24.8 Å². The highest BCUT2D eigenvalue weighted by Crippen LogP contribution is 2.38. The SMILES string of the molecule is CC[C@H](NC(=O)c1ccc2c(c1)C(=C(Nc1cccc(CN3CCCCC3)c1)c1cccnc1)C(=O)N2)c1ccccc1. The molecular weight excluding hydrogens is 534 g/mol. The molecular formula is C36H37N5O2. The Balaban J connectivity index is 1.34. The van der Waals surface area contributed by atoms with E-state index in [1.807, 2.05) is 48.5 Å². The summed E-state index contributed by atoms with van der Waals surface area (Å²) in [5, 5.41) is 9.72. The number of benzene rings is 3. The highest BCUT2D eigenvalue weighted by molar-refractivity contribution is 6.37. The molecule has 2 aliphatic heterocycles. The Kier molecular flexibility index (Phi) is 8.61. The lowest BCUT2D eigenvalue weighted by atomic mass is 9.98. The number of piperidine rings is 1. The second kappa shape index (κ2) is 13.0. The van der Waals surface area contributed by atoms with Gasteiger partial charge in [0.05, 0.1) is 17.3 Å². The van der Waals surface area contributed by atoms with Crippen LogP contribution in [-0.2, 0) is 11.3 Å². The van der Waals surface area contributed by atoms with Crippen molar-refractivity contribution in [1.29, 1.82) is 0 Å². The summed E-state index contributed by atoms with van der Waals surface area (Å²) in [6.45, 7) is 5.20. The van der Waals surface area contributed by atoms with E-state index in [0.29, 0.717) is 28.1 Å². The fourth-order valence-electron chi connectivity index (χ4n) is 5.96. The largest absolute Gasteiger partial charge is 0.354 e. The van der Waals surface area contributed by atoms with E-state index < -0.39 is 0 Å². The molecule has 0 saturated carbocycles. The van der Waals surface area contributed by atoms with Gasteiger partial charge in [0.1, 0.15) is 0 Å². The first-order valence-corrected chi connectivity index (χ1v) is 15.1. The number of pyridine rings is 1. The van der Waals surface area contributed by atoms with Crippen LogP contribution in [0.2, 0.25) is 0 Å². The van der Waals surface area contributed by atoms with Gasteiger partial charge in [0.15, 0.2) is 0 Å². The van der Waals surface area contributed by atoms with Crippen molar-refractivity contribution in [3.8, 4) is 0 Å². The fraction of sp³-hybridized carbons (Fsp3) is 0.250. The third-order valence-electron chi connectivity index (χ3n) is 8.19. The average molecular weight is 572 g/mol. The number of nitrogens with zero attached hydrogens (tertiary/aromatic N) is 2. The zero-order chi connectivity index (χ0) is 29.6. The lowest BCUT2D eigenvalue weighted by Crippen LogP contribution is -2.29. The molecule has 0 aliphatic carbocycles. The minimum absolute atomic E-state index is 0.110. The first-order chi connectivity index (χ1) is 21.1. The third kappa shape index (κ3) is 6.52. The smallest absolute Gasteiger partial charge is 0.258 e. The van der Waals surface area contributed by atoms with Crippen molar-refractivity contribution in [2.24, 2.45) is 0 Å². The van der Waals surface area contributed by atoms with Gasteiger partial charge in [-0.05, 0) is 85.9 Å². The van der Waals surface area contributed by atoms with Gasteiger partial charge < -0.3 is 16.0 Å². The molecule has 3 heterocycles. The molecule has 0 radical (unpaired) electrons. The molecule has 3 aromatic carbocycles. The normalized spacial score (nSPS) is 16.6. The Bertz CT molecular complexity index is 1630. The average Bonchev–Trinajstić information content (AvgIpc) is 3.38. The van der Waals surface area contributed by atoms with E-state index in [4.69, 9.17) is 0 Å². The van der Waals surface area contributed by atoms with E-state index in [9.17, 15) is 9.59 Å². The molecule has 0 unspecified atom stereocenters. The van der Waals surface area contributed by atoms with Crippen molar-refractivity contribution in [3.05, 3.63) is 125 Å². The van der Waals surface area contributed by atoms with Crippen LogP contribution in [0.3, 0.4) is 0 Å². The predicted molar refractivity (Wildman–Crippen MR) is 172 cm³/mol. The zero-order valence-electron chi connectivity index (χ0n) is 24.5. The predicted octanol–water partition coefficient (Wildman–Crippen LogP) is 6.88. The van der Waals surface area contributed by atoms with E-state index in [0.717, 1.165) is 42.9 Å². The Morgan fingerprint density at radius 3 is 2.53 bits per heavy atom. The number of carbonyl (C=O) groups is 2. The molecule has 6 rings (SSSR count). The molecule has 0 bridgehead atoms. The zero-order valence-corrected chi connectivity index (χ0v) is 24.5. The van der Waals surface area contributed by atoms with Crippen molar-refractivity contribution in [2.75, 3.05) is 23.7 Å². The van der Waals surface area contributed by atoms with Crippen LogP contribution in [0.15, 0.2) is 97.3 Å². The molecule has 7 heteroatoms. The van der Waals surface area contributed by atoms with E-state index >= 15 is 0 Å². The number of amides is 2. The Morgan fingerprint density at radius 2 is 1.77 bits per heavy atom. The van der Waals surface area contributed by atoms with Crippen LogP contribution in [0.5, 0.6) is 0 Å². The molecule has 1 fully saturated rings. The summed E-state index contributed by atoms with van der Waals surface area (Å²) >= 11 is 0. The Labute approximate surface area is 253 Å². The molecule has 218 valence electrons. The van der Waals surface area contributed by atoms with Crippen LogP contribution in [0.4, 0.5) is 11.4 Å². The maximum atomic E-state index is 13.5. The van der Waals surface area contributed by atoms with Gasteiger partial charge in [0, 0.05) is 47.0 Å². The highest BCUT2D eigenvalue weighted by atomic mass is 16.2.